The molecule has 22 heavy (non-hydrogen) atoms. The number of amides is 1. The van der Waals surface area contributed by atoms with Gasteiger partial charge in [0.25, 0.3) is 0 Å². The summed E-state index contributed by atoms with van der Waals surface area (Å²) in [6.45, 7) is 2.43. The van der Waals surface area contributed by atoms with Crippen molar-refractivity contribution in [3.63, 3.8) is 0 Å². The molecular weight excluding hydrogens is 272 g/mol. The normalized spacial score (nSPS) is 49.8. The molecular formula is C19H28N2O. The molecule has 4 aliphatic carbocycles. The van der Waals surface area contributed by atoms with Gasteiger partial charge in [0.2, 0.25) is 5.91 Å². The van der Waals surface area contributed by atoms with Gasteiger partial charge in [-0.05, 0) is 62.7 Å². The SMILES string of the molecule is C[C@]12C=CCCC1=CC[C@H]1[C@@H]3CC[C@H](C(N)=O)[C@@]3(N)CC[C@@H]12. The van der Waals surface area contributed by atoms with Gasteiger partial charge in [0.15, 0.2) is 0 Å². The van der Waals surface area contributed by atoms with Crippen LogP contribution in [-0.4, -0.2) is 11.4 Å². The summed E-state index contributed by atoms with van der Waals surface area (Å²) in [5.41, 5.74) is 14.0. The fraction of sp³-hybridized carbons (Fsp3) is 0.737. The number of rotatable bonds is 1. The molecule has 120 valence electrons. The summed E-state index contributed by atoms with van der Waals surface area (Å²) < 4.78 is 0. The van der Waals surface area contributed by atoms with Crippen LogP contribution in [0.1, 0.15) is 51.9 Å². The maximum absolute atomic E-state index is 11.8. The van der Waals surface area contributed by atoms with Crippen molar-refractivity contribution in [2.24, 2.45) is 40.6 Å². The second-order valence-electron chi connectivity index (χ2n) is 8.25. The van der Waals surface area contributed by atoms with Crippen molar-refractivity contribution in [1.29, 1.82) is 0 Å². The topological polar surface area (TPSA) is 69.1 Å². The second kappa shape index (κ2) is 4.70. The number of allylic oxidation sites excluding steroid dienone is 4. The van der Waals surface area contributed by atoms with Crippen molar-refractivity contribution >= 4 is 5.91 Å². The maximum Gasteiger partial charge on any atom is 0.222 e. The molecule has 1 amide bonds. The van der Waals surface area contributed by atoms with Gasteiger partial charge in [0.05, 0.1) is 5.92 Å². The van der Waals surface area contributed by atoms with Crippen LogP contribution in [0.4, 0.5) is 0 Å². The number of fused-ring (bicyclic) bond motifs is 5. The standard InChI is InChI=1S/C19H28N2O/c1-18-10-3-2-4-12(18)5-6-13-14(18)9-11-19(21)15(13)7-8-16(19)17(20)22/h3,5,10,13-16H,2,4,6-9,11,21H2,1H3,(H2,20,22)/t13-,14+,15+,16-,18+,19-/m1/s1. The first-order valence-corrected chi connectivity index (χ1v) is 8.92. The van der Waals surface area contributed by atoms with Crippen molar-refractivity contribution < 1.29 is 4.79 Å². The molecule has 0 heterocycles. The van der Waals surface area contributed by atoms with Gasteiger partial charge in [0, 0.05) is 11.0 Å². The first-order valence-electron chi connectivity index (χ1n) is 8.92. The minimum absolute atomic E-state index is 0.112. The number of primary amides is 1. The molecule has 0 unspecified atom stereocenters. The molecule has 0 aliphatic heterocycles. The molecule has 3 heteroatoms. The van der Waals surface area contributed by atoms with E-state index in [-0.39, 0.29) is 22.8 Å². The summed E-state index contributed by atoms with van der Waals surface area (Å²) in [6.07, 6.45) is 15.0. The molecule has 4 rings (SSSR count). The third kappa shape index (κ3) is 1.75. The molecule has 4 N–H and O–H groups in total. The average Bonchev–Trinajstić information content (AvgIpc) is 2.84. The Balaban J connectivity index is 1.70. The molecule has 2 saturated carbocycles. The highest BCUT2D eigenvalue weighted by molar-refractivity contribution is 5.78. The van der Waals surface area contributed by atoms with Gasteiger partial charge in [-0.25, -0.2) is 0 Å². The highest BCUT2D eigenvalue weighted by atomic mass is 16.1. The summed E-state index contributed by atoms with van der Waals surface area (Å²) in [5, 5.41) is 0. The second-order valence-corrected chi connectivity index (χ2v) is 8.25. The molecule has 0 spiro atoms. The number of hydrogen-bond donors (Lipinski definition) is 2. The van der Waals surface area contributed by atoms with Crippen LogP contribution in [0, 0.1) is 29.1 Å². The summed E-state index contributed by atoms with van der Waals surface area (Å²) in [4.78, 5) is 11.8. The van der Waals surface area contributed by atoms with Crippen LogP contribution in [-0.2, 0) is 4.79 Å². The predicted octanol–water partition coefficient (Wildman–Crippen LogP) is 2.91. The van der Waals surface area contributed by atoms with E-state index in [1.165, 1.54) is 12.8 Å². The Bertz CT molecular complexity index is 566. The molecule has 0 aromatic heterocycles. The van der Waals surface area contributed by atoms with Crippen LogP contribution >= 0.6 is 0 Å². The summed E-state index contributed by atoms with van der Waals surface area (Å²) in [7, 11) is 0. The van der Waals surface area contributed by atoms with E-state index in [0.29, 0.717) is 17.8 Å². The van der Waals surface area contributed by atoms with Gasteiger partial charge in [0.1, 0.15) is 0 Å². The van der Waals surface area contributed by atoms with Crippen molar-refractivity contribution in [2.75, 3.05) is 0 Å². The Morgan fingerprint density at radius 1 is 1.27 bits per heavy atom. The van der Waals surface area contributed by atoms with Crippen molar-refractivity contribution in [1.82, 2.24) is 0 Å². The Kier molecular flexibility index (Phi) is 3.10. The summed E-state index contributed by atoms with van der Waals surface area (Å²) in [5.74, 6) is 1.49. The third-order valence-corrected chi connectivity index (χ3v) is 7.51. The number of hydrogen-bond acceptors (Lipinski definition) is 2. The minimum Gasteiger partial charge on any atom is -0.369 e. The average molecular weight is 300 g/mol. The smallest absolute Gasteiger partial charge is 0.222 e. The highest BCUT2D eigenvalue weighted by Crippen LogP contribution is 2.61. The zero-order valence-corrected chi connectivity index (χ0v) is 13.6. The monoisotopic (exact) mass is 300 g/mol. The van der Waals surface area contributed by atoms with E-state index < -0.39 is 0 Å². The lowest BCUT2D eigenvalue weighted by atomic mass is 9.50. The minimum atomic E-state index is -0.340. The van der Waals surface area contributed by atoms with Gasteiger partial charge in [-0.1, -0.05) is 30.7 Å². The van der Waals surface area contributed by atoms with Crippen LogP contribution in [0.25, 0.3) is 0 Å². The number of nitrogens with two attached hydrogens (primary N) is 2. The van der Waals surface area contributed by atoms with Crippen molar-refractivity contribution in [3.05, 3.63) is 23.8 Å². The van der Waals surface area contributed by atoms with Gasteiger partial charge >= 0.3 is 0 Å². The zero-order chi connectivity index (χ0) is 15.5. The van der Waals surface area contributed by atoms with Gasteiger partial charge in [-0.15, -0.1) is 0 Å². The summed E-state index contributed by atoms with van der Waals surface area (Å²) in [6, 6.07) is 0. The molecule has 3 nitrogen and oxygen atoms in total. The molecule has 0 bridgehead atoms. The first-order chi connectivity index (χ1) is 10.5. The largest absolute Gasteiger partial charge is 0.369 e. The van der Waals surface area contributed by atoms with Crippen LogP contribution < -0.4 is 11.5 Å². The lowest BCUT2D eigenvalue weighted by molar-refractivity contribution is -0.124. The number of carbonyl (C=O) groups excluding carboxylic acids is 1. The Morgan fingerprint density at radius 2 is 2.09 bits per heavy atom. The zero-order valence-electron chi connectivity index (χ0n) is 13.6. The number of carbonyl (C=O) groups is 1. The van der Waals surface area contributed by atoms with Crippen molar-refractivity contribution in [2.45, 2.75) is 57.4 Å². The molecule has 0 saturated heterocycles. The molecule has 0 aromatic carbocycles. The maximum atomic E-state index is 11.8. The summed E-state index contributed by atoms with van der Waals surface area (Å²) >= 11 is 0. The van der Waals surface area contributed by atoms with Gasteiger partial charge < -0.3 is 11.5 Å². The van der Waals surface area contributed by atoms with Crippen LogP contribution in [0.3, 0.4) is 0 Å². The fourth-order valence-electron chi connectivity index (χ4n) is 6.40. The van der Waals surface area contributed by atoms with Crippen LogP contribution in [0.2, 0.25) is 0 Å². The quantitative estimate of drug-likeness (QED) is 0.731. The van der Waals surface area contributed by atoms with Crippen LogP contribution in [0.15, 0.2) is 23.8 Å². The van der Waals surface area contributed by atoms with E-state index in [0.717, 1.165) is 32.1 Å². The van der Waals surface area contributed by atoms with E-state index >= 15 is 0 Å². The predicted molar refractivity (Wildman–Crippen MR) is 87.7 cm³/mol. The Labute approximate surface area is 133 Å². The van der Waals surface area contributed by atoms with E-state index in [2.05, 4.69) is 25.2 Å². The van der Waals surface area contributed by atoms with Crippen LogP contribution in [0.5, 0.6) is 0 Å². The van der Waals surface area contributed by atoms with E-state index in [9.17, 15) is 4.79 Å². The van der Waals surface area contributed by atoms with Gasteiger partial charge in [-0.2, -0.15) is 0 Å². The first kappa shape index (κ1) is 14.5. The lowest BCUT2D eigenvalue weighted by Crippen LogP contribution is -2.60. The molecule has 2 fully saturated rings. The van der Waals surface area contributed by atoms with Crippen molar-refractivity contribution in [3.8, 4) is 0 Å². The third-order valence-electron chi connectivity index (χ3n) is 7.51. The van der Waals surface area contributed by atoms with E-state index in [1.807, 2.05) is 0 Å². The molecule has 6 atom stereocenters. The van der Waals surface area contributed by atoms with Gasteiger partial charge in [-0.3, -0.25) is 4.79 Å². The Hall–Kier alpha value is -1.09. The van der Waals surface area contributed by atoms with E-state index in [1.54, 1.807) is 5.57 Å². The fourth-order valence-corrected chi connectivity index (χ4v) is 6.40. The van der Waals surface area contributed by atoms with E-state index in [4.69, 9.17) is 11.5 Å². The lowest BCUT2D eigenvalue weighted by Gasteiger charge is -2.55. The molecule has 0 radical (unpaired) electrons. The molecule has 0 aromatic rings. The molecule has 4 aliphatic rings. The highest BCUT2D eigenvalue weighted by Gasteiger charge is 2.59. The Morgan fingerprint density at radius 3 is 2.86 bits per heavy atom.